The highest BCUT2D eigenvalue weighted by Crippen LogP contribution is 2.23. The second kappa shape index (κ2) is 6.60. The summed E-state index contributed by atoms with van der Waals surface area (Å²) in [6.07, 6.45) is 1.81. The Labute approximate surface area is 122 Å². The largest absolute Gasteiger partial charge is 0.325 e. The maximum Gasteiger partial charge on any atom is 0.325 e. The molecule has 0 aliphatic heterocycles. The number of rotatable bonds is 3. The number of anilines is 1. The van der Waals surface area contributed by atoms with Crippen LogP contribution >= 0.6 is 0 Å². The maximum absolute atomic E-state index is 12.3. The van der Waals surface area contributed by atoms with Gasteiger partial charge in [-0.15, -0.1) is 0 Å². The summed E-state index contributed by atoms with van der Waals surface area (Å²) in [5, 5.41) is 2.88. The summed E-state index contributed by atoms with van der Waals surface area (Å²) >= 11 is 0. The van der Waals surface area contributed by atoms with Crippen LogP contribution in [-0.2, 0) is 0 Å². The molecule has 3 nitrogen and oxygen atoms in total. The molecular formula is C17H26N2O. The molecule has 0 aliphatic carbocycles. The molecule has 20 heavy (non-hydrogen) atoms. The van der Waals surface area contributed by atoms with Crippen LogP contribution in [0.15, 0.2) is 36.0 Å². The van der Waals surface area contributed by atoms with Crippen molar-refractivity contribution in [1.29, 1.82) is 0 Å². The zero-order chi connectivity index (χ0) is 15.3. The fourth-order valence-corrected chi connectivity index (χ4v) is 1.70. The van der Waals surface area contributed by atoms with Gasteiger partial charge in [-0.1, -0.05) is 38.5 Å². The lowest BCUT2D eigenvalue weighted by Gasteiger charge is -2.23. The third-order valence-electron chi connectivity index (χ3n) is 3.47. The molecule has 0 heterocycles. The molecule has 3 heteroatoms. The zero-order valence-corrected chi connectivity index (χ0v) is 13.4. The molecule has 0 saturated heterocycles. The van der Waals surface area contributed by atoms with Crippen molar-refractivity contribution in [1.82, 2.24) is 5.32 Å². The maximum atomic E-state index is 12.3. The molecule has 1 aromatic rings. The van der Waals surface area contributed by atoms with Crippen LogP contribution in [0.25, 0.3) is 0 Å². The van der Waals surface area contributed by atoms with Gasteiger partial charge in [0, 0.05) is 18.4 Å². The van der Waals surface area contributed by atoms with E-state index in [2.05, 4.69) is 26.1 Å². The van der Waals surface area contributed by atoms with Crippen LogP contribution in [0, 0.1) is 12.3 Å². The number of carbonyl (C=O) groups excluding carboxylic acids is 1. The third-order valence-corrected chi connectivity index (χ3v) is 3.47. The number of aryl methyl sites for hydroxylation is 1. The molecule has 1 rings (SSSR count). The van der Waals surface area contributed by atoms with Gasteiger partial charge < -0.3 is 5.32 Å². The topological polar surface area (TPSA) is 32.3 Å². The molecule has 0 aromatic heterocycles. The summed E-state index contributed by atoms with van der Waals surface area (Å²) in [6, 6.07) is 7.87. The van der Waals surface area contributed by atoms with Crippen molar-refractivity contribution in [3.8, 4) is 0 Å². The Morgan fingerprint density at radius 2 is 2.00 bits per heavy atom. The highest BCUT2D eigenvalue weighted by Gasteiger charge is 2.15. The van der Waals surface area contributed by atoms with Crippen LogP contribution in [-0.4, -0.2) is 12.6 Å². The molecule has 0 fully saturated rings. The fraction of sp³-hybridized carbons (Fsp3) is 0.471. The SMILES string of the molecule is CCN(C(=O)N/C=C(\C)C(C)(C)C)c1cccc(C)c1. The third kappa shape index (κ3) is 4.41. The van der Waals surface area contributed by atoms with Gasteiger partial charge in [0.25, 0.3) is 0 Å². The van der Waals surface area contributed by atoms with Crippen molar-refractivity contribution < 1.29 is 4.79 Å². The molecule has 0 spiro atoms. The van der Waals surface area contributed by atoms with Crippen LogP contribution in [0.1, 0.15) is 40.2 Å². The van der Waals surface area contributed by atoms with E-state index >= 15 is 0 Å². The Morgan fingerprint density at radius 1 is 1.35 bits per heavy atom. The van der Waals surface area contributed by atoms with E-state index in [9.17, 15) is 4.79 Å². The summed E-state index contributed by atoms with van der Waals surface area (Å²) in [5.41, 5.74) is 3.28. The van der Waals surface area contributed by atoms with E-state index in [0.29, 0.717) is 6.54 Å². The number of carbonyl (C=O) groups is 1. The predicted octanol–water partition coefficient (Wildman–Crippen LogP) is 4.48. The summed E-state index contributed by atoms with van der Waals surface area (Å²) < 4.78 is 0. The number of nitrogens with one attached hydrogen (secondary N) is 1. The minimum atomic E-state index is -0.0956. The van der Waals surface area contributed by atoms with Gasteiger partial charge in [0.05, 0.1) is 0 Å². The average Bonchev–Trinajstić information content (AvgIpc) is 2.35. The Balaban J connectivity index is 2.84. The lowest BCUT2D eigenvalue weighted by Crippen LogP contribution is -2.38. The highest BCUT2D eigenvalue weighted by atomic mass is 16.2. The van der Waals surface area contributed by atoms with Gasteiger partial charge in [-0.05, 0) is 43.9 Å². The Morgan fingerprint density at radius 3 is 2.50 bits per heavy atom. The van der Waals surface area contributed by atoms with Crippen molar-refractivity contribution >= 4 is 11.7 Å². The monoisotopic (exact) mass is 274 g/mol. The number of urea groups is 1. The van der Waals surface area contributed by atoms with Crippen molar-refractivity contribution in [2.24, 2.45) is 5.41 Å². The summed E-state index contributed by atoms with van der Waals surface area (Å²) in [4.78, 5) is 14.0. The molecule has 0 atom stereocenters. The van der Waals surface area contributed by atoms with Gasteiger partial charge in [0.1, 0.15) is 0 Å². The molecular weight excluding hydrogens is 248 g/mol. The van der Waals surface area contributed by atoms with Crippen LogP contribution in [0.3, 0.4) is 0 Å². The molecule has 0 radical (unpaired) electrons. The molecule has 110 valence electrons. The summed E-state index contributed by atoms with van der Waals surface area (Å²) in [6.45, 7) is 13.1. The number of hydrogen-bond donors (Lipinski definition) is 1. The first-order valence-corrected chi connectivity index (χ1v) is 7.07. The standard InChI is InChI=1S/C17H26N2O/c1-7-19(15-10-8-9-13(2)11-15)16(20)18-12-14(3)17(4,5)6/h8-12H,7H2,1-6H3,(H,18,20)/b14-12+. The van der Waals surface area contributed by atoms with Crippen molar-refractivity contribution in [3.05, 3.63) is 41.6 Å². The number of amides is 2. The second-order valence-corrected chi connectivity index (χ2v) is 6.11. The first-order chi connectivity index (χ1) is 9.25. The fourth-order valence-electron chi connectivity index (χ4n) is 1.70. The van der Waals surface area contributed by atoms with E-state index in [1.807, 2.05) is 45.0 Å². The molecule has 1 N–H and O–H groups in total. The molecule has 1 aromatic carbocycles. The first-order valence-electron chi connectivity index (χ1n) is 7.07. The van der Waals surface area contributed by atoms with Crippen molar-refractivity contribution in [2.75, 3.05) is 11.4 Å². The highest BCUT2D eigenvalue weighted by molar-refractivity contribution is 5.92. The Bertz CT molecular complexity index is 498. The van der Waals surface area contributed by atoms with Crippen LogP contribution in [0.5, 0.6) is 0 Å². The lowest BCUT2D eigenvalue weighted by atomic mass is 9.88. The van der Waals surface area contributed by atoms with E-state index in [4.69, 9.17) is 0 Å². The number of hydrogen-bond acceptors (Lipinski definition) is 1. The summed E-state index contributed by atoms with van der Waals surface area (Å²) in [5.74, 6) is 0. The number of nitrogens with zero attached hydrogens (tertiary/aromatic N) is 1. The van der Waals surface area contributed by atoms with E-state index in [1.165, 1.54) is 0 Å². The molecule has 0 saturated carbocycles. The van der Waals surface area contributed by atoms with Crippen LogP contribution < -0.4 is 10.2 Å². The van der Waals surface area contributed by atoms with Crippen LogP contribution in [0.2, 0.25) is 0 Å². The molecule has 0 bridgehead atoms. The van der Waals surface area contributed by atoms with Crippen molar-refractivity contribution in [2.45, 2.75) is 41.5 Å². The molecule has 0 aliphatic rings. The van der Waals surface area contributed by atoms with Gasteiger partial charge in [-0.25, -0.2) is 4.79 Å². The van der Waals surface area contributed by atoms with Gasteiger partial charge in [0.2, 0.25) is 0 Å². The Hall–Kier alpha value is -1.77. The lowest BCUT2D eigenvalue weighted by molar-refractivity contribution is 0.249. The van der Waals surface area contributed by atoms with Crippen molar-refractivity contribution in [3.63, 3.8) is 0 Å². The number of benzene rings is 1. The normalized spacial score (nSPS) is 12.2. The number of allylic oxidation sites excluding steroid dienone is 1. The van der Waals surface area contributed by atoms with Gasteiger partial charge in [-0.3, -0.25) is 4.90 Å². The zero-order valence-electron chi connectivity index (χ0n) is 13.4. The predicted molar refractivity (Wildman–Crippen MR) is 85.9 cm³/mol. The minimum absolute atomic E-state index is 0.0632. The quantitative estimate of drug-likeness (QED) is 0.866. The minimum Gasteiger partial charge on any atom is -0.314 e. The van der Waals surface area contributed by atoms with E-state index in [0.717, 1.165) is 16.8 Å². The molecule has 2 amide bonds. The first kappa shape index (κ1) is 16.3. The van der Waals surface area contributed by atoms with E-state index < -0.39 is 0 Å². The van der Waals surface area contributed by atoms with Gasteiger partial charge >= 0.3 is 6.03 Å². The van der Waals surface area contributed by atoms with Crippen LogP contribution in [0.4, 0.5) is 10.5 Å². The van der Waals surface area contributed by atoms with Gasteiger partial charge in [-0.2, -0.15) is 0 Å². The Kier molecular flexibility index (Phi) is 5.37. The smallest absolute Gasteiger partial charge is 0.314 e. The van der Waals surface area contributed by atoms with E-state index in [1.54, 1.807) is 11.1 Å². The van der Waals surface area contributed by atoms with Gasteiger partial charge in [0.15, 0.2) is 0 Å². The summed E-state index contributed by atoms with van der Waals surface area (Å²) in [7, 11) is 0. The van der Waals surface area contributed by atoms with E-state index in [-0.39, 0.29) is 11.4 Å². The average molecular weight is 274 g/mol. The molecule has 0 unspecified atom stereocenters. The second-order valence-electron chi connectivity index (χ2n) is 6.11.